The zero-order valence-corrected chi connectivity index (χ0v) is 14.3. The average molecular weight is 371 g/mol. The van der Waals surface area contributed by atoms with Crippen LogP contribution < -0.4 is 10.9 Å². The number of pyridine rings is 1. The number of fused-ring (bicyclic) bond motifs is 4. The van der Waals surface area contributed by atoms with Crippen LogP contribution >= 0.6 is 0 Å². The van der Waals surface area contributed by atoms with Gasteiger partial charge in [-0.2, -0.15) is 0 Å². The summed E-state index contributed by atoms with van der Waals surface area (Å²) in [5.74, 6) is -2.90. The Morgan fingerprint density at radius 2 is 1.96 bits per heavy atom. The monoisotopic (exact) mass is 371 g/mol. The molecule has 9 nitrogen and oxygen atoms in total. The summed E-state index contributed by atoms with van der Waals surface area (Å²) in [6.07, 6.45) is 2.17. The van der Waals surface area contributed by atoms with Crippen LogP contribution in [0.5, 0.6) is 0 Å². The number of hydrogen-bond donors (Lipinski definition) is 2. The maximum absolute atomic E-state index is 12.8. The number of aliphatic carboxylic acids is 1. The summed E-state index contributed by atoms with van der Waals surface area (Å²) in [6, 6.07) is 6.37. The van der Waals surface area contributed by atoms with Gasteiger partial charge in [0.1, 0.15) is 5.69 Å². The number of furan rings is 1. The molecule has 9 heteroatoms. The van der Waals surface area contributed by atoms with Crippen molar-refractivity contribution in [3.63, 3.8) is 0 Å². The third-order valence-electron chi connectivity index (χ3n) is 5.07. The summed E-state index contributed by atoms with van der Waals surface area (Å²) in [7, 11) is 0. The molecule has 0 radical (unpaired) electrons. The van der Waals surface area contributed by atoms with Crippen molar-refractivity contribution in [1.29, 1.82) is 0 Å². The largest absolute Gasteiger partial charge is 0.474 e. The van der Waals surface area contributed by atoms with E-state index in [1.54, 1.807) is 16.7 Å². The van der Waals surface area contributed by atoms with Gasteiger partial charge >= 0.3 is 11.9 Å². The quantitative estimate of drug-likeness (QED) is 0.751. The van der Waals surface area contributed by atoms with Crippen LogP contribution in [0.2, 0.25) is 0 Å². The molecule has 2 aromatic rings. The maximum atomic E-state index is 12.8. The highest BCUT2D eigenvalue weighted by molar-refractivity contribution is 6.31. The number of anilines is 1. The SMILES string of the molecule is O=C(O)C(=O)N1C[C@@H]2C[C@H](C1)c1ccc(NC(=O)c3ccco3)c(=O)n1C2. The molecule has 27 heavy (non-hydrogen) atoms. The van der Waals surface area contributed by atoms with Gasteiger partial charge in [-0.15, -0.1) is 0 Å². The minimum absolute atomic E-state index is 0.00623. The van der Waals surface area contributed by atoms with Crippen molar-refractivity contribution < 1.29 is 23.9 Å². The molecule has 0 aliphatic carbocycles. The van der Waals surface area contributed by atoms with Crippen molar-refractivity contribution in [3.05, 3.63) is 52.3 Å². The highest BCUT2D eigenvalue weighted by Crippen LogP contribution is 2.35. The molecule has 140 valence electrons. The summed E-state index contributed by atoms with van der Waals surface area (Å²) in [6.45, 7) is 0.939. The molecule has 1 saturated heterocycles. The van der Waals surface area contributed by atoms with Gasteiger partial charge in [0.15, 0.2) is 5.76 Å². The van der Waals surface area contributed by atoms with Crippen LogP contribution in [0.25, 0.3) is 0 Å². The van der Waals surface area contributed by atoms with Gasteiger partial charge in [0.2, 0.25) is 0 Å². The van der Waals surface area contributed by atoms with Gasteiger partial charge in [-0.3, -0.25) is 14.4 Å². The first kappa shape index (κ1) is 17.1. The number of nitrogens with one attached hydrogen (secondary N) is 1. The predicted molar refractivity (Wildman–Crippen MR) is 92.4 cm³/mol. The third kappa shape index (κ3) is 3.01. The Bertz CT molecular complexity index is 977. The van der Waals surface area contributed by atoms with Crippen molar-refractivity contribution in [2.24, 2.45) is 5.92 Å². The van der Waals surface area contributed by atoms with Crippen LogP contribution in [0.3, 0.4) is 0 Å². The van der Waals surface area contributed by atoms with Crippen LogP contribution in [0.15, 0.2) is 39.7 Å². The lowest BCUT2D eigenvalue weighted by molar-refractivity contribution is -0.157. The number of carboxylic acid groups (broad SMARTS) is 1. The number of likely N-dealkylation sites (tertiary alicyclic amines) is 1. The van der Waals surface area contributed by atoms with Crippen LogP contribution in [0.1, 0.15) is 28.6 Å². The van der Waals surface area contributed by atoms with E-state index in [9.17, 15) is 19.2 Å². The fraction of sp³-hybridized carbons (Fsp3) is 0.333. The molecule has 0 unspecified atom stereocenters. The second kappa shape index (κ2) is 6.42. The van der Waals surface area contributed by atoms with Gasteiger partial charge in [-0.05, 0) is 36.6 Å². The van der Waals surface area contributed by atoms with E-state index in [1.807, 2.05) is 0 Å². The minimum atomic E-state index is -1.47. The highest BCUT2D eigenvalue weighted by Gasteiger charge is 2.38. The maximum Gasteiger partial charge on any atom is 0.394 e. The van der Waals surface area contributed by atoms with Crippen LogP contribution in [-0.4, -0.2) is 45.4 Å². The van der Waals surface area contributed by atoms with Crippen LogP contribution in [0.4, 0.5) is 5.69 Å². The van der Waals surface area contributed by atoms with E-state index in [0.717, 1.165) is 12.1 Å². The summed E-state index contributed by atoms with van der Waals surface area (Å²) >= 11 is 0. The number of aromatic nitrogens is 1. The topological polar surface area (TPSA) is 122 Å². The number of carbonyl (C=O) groups is 3. The molecule has 4 heterocycles. The van der Waals surface area contributed by atoms with E-state index < -0.39 is 17.8 Å². The molecule has 0 spiro atoms. The van der Waals surface area contributed by atoms with E-state index in [0.29, 0.717) is 13.1 Å². The molecule has 2 amide bonds. The first-order chi connectivity index (χ1) is 12.9. The number of piperidine rings is 1. The van der Waals surface area contributed by atoms with Crippen molar-refractivity contribution in [2.75, 3.05) is 18.4 Å². The second-order valence-electron chi connectivity index (χ2n) is 6.83. The Morgan fingerprint density at radius 3 is 2.67 bits per heavy atom. The summed E-state index contributed by atoms with van der Waals surface area (Å²) < 4.78 is 6.64. The predicted octanol–water partition coefficient (Wildman–Crippen LogP) is 0.724. The van der Waals surface area contributed by atoms with Crippen molar-refractivity contribution >= 4 is 23.5 Å². The first-order valence-electron chi connectivity index (χ1n) is 8.55. The van der Waals surface area contributed by atoms with E-state index in [2.05, 4.69) is 5.32 Å². The molecule has 2 aliphatic rings. The van der Waals surface area contributed by atoms with E-state index in [-0.39, 0.29) is 35.4 Å². The fourth-order valence-corrected chi connectivity index (χ4v) is 3.93. The number of carbonyl (C=O) groups excluding carboxylic acids is 2. The van der Waals surface area contributed by atoms with Crippen LogP contribution in [-0.2, 0) is 16.1 Å². The van der Waals surface area contributed by atoms with Gasteiger partial charge in [0, 0.05) is 31.2 Å². The Labute approximate surface area is 153 Å². The number of rotatable bonds is 2. The smallest absolute Gasteiger partial charge is 0.394 e. The number of nitrogens with zero attached hydrogens (tertiary/aromatic N) is 2. The second-order valence-corrected chi connectivity index (χ2v) is 6.83. The summed E-state index contributed by atoms with van der Waals surface area (Å²) in [4.78, 5) is 49.0. The molecule has 2 N–H and O–H groups in total. The Hall–Kier alpha value is -3.36. The molecule has 2 atom stereocenters. The average Bonchev–Trinajstić information content (AvgIpc) is 3.18. The standard InChI is InChI=1S/C18H17N3O6/c22-15(14-2-1-5-27-14)19-12-3-4-13-11-6-10(8-21(13)16(12)23)7-20(9-11)17(24)18(25)26/h1-5,10-11H,6-9H2,(H,19,22)(H,25,26)/t10-,11+/m0/s1. The number of carboxylic acids is 1. The molecule has 2 aromatic heterocycles. The molecule has 4 rings (SSSR count). The lowest BCUT2D eigenvalue weighted by atomic mass is 9.83. The van der Waals surface area contributed by atoms with Gasteiger partial charge < -0.3 is 24.3 Å². The van der Waals surface area contributed by atoms with E-state index in [1.165, 1.54) is 23.3 Å². The number of hydrogen-bond acceptors (Lipinski definition) is 5. The molecular weight excluding hydrogens is 354 g/mol. The van der Waals surface area contributed by atoms with E-state index in [4.69, 9.17) is 9.52 Å². The van der Waals surface area contributed by atoms with Gasteiger partial charge in [0.05, 0.1) is 6.26 Å². The lowest BCUT2D eigenvalue weighted by Crippen LogP contribution is -2.51. The Balaban J connectivity index is 1.60. The van der Waals surface area contributed by atoms with Crippen molar-refractivity contribution in [2.45, 2.75) is 18.9 Å². The number of amides is 2. The lowest BCUT2D eigenvalue weighted by Gasteiger charge is -2.42. The fourth-order valence-electron chi connectivity index (χ4n) is 3.93. The molecule has 0 saturated carbocycles. The van der Waals surface area contributed by atoms with E-state index >= 15 is 0 Å². The zero-order chi connectivity index (χ0) is 19.1. The molecule has 2 bridgehead atoms. The third-order valence-corrected chi connectivity index (χ3v) is 5.07. The van der Waals surface area contributed by atoms with Crippen molar-refractivity contribution in [1.82, 2.24) is 9.47 Å². The normalized spacial score (nSPS) is 20.7. The van der Waals surface area contributed by atoms with Crippen LogP contribution in [0, 0.1) is 5.92 Å². The summed E-state index contributed by atoms with van der Waals surface area (Å²) in [5.41, 5.74) is 0.578. The molecule has 0 aromatic carbocycles. The molecule has 1 fully saturated rings. The van der Waals surface area contributed by atoms with Gasteiger partial charge in [-0.1, -0.05) is 0 Å². The van der Waals surface area contributed by atoms with Crippen molar-refractivity contribution in [3.8, 4) is 0 Å². The first-order valence-corrected chi connectivity index (χ1v) is 8.55. The highest BCUT2D eigenvalue weighted by atomic mass is 16.4. The summed E-state index contributed by atoms with van der Waals surface area (Å²) in [5, 5.41) is 11.5. The Morgan fingerprint density at radius 1 is 1.15 bits per heavy atom. The van der Waals surface area contributed by atoms with Gasteiger partial charge in [-0.25, -0.2) is 4.79 Å². The molecule has 2 aliphatic heterocycles. The molecular formula is C18H17N3O6. The Kier molecular flexibility index (Phi) is 4.06. The zero-order valence-electron chi connectivity index (χ0n) is 14.3. The minimum Gasteiger partial charge on any atom is -0.474 e. The van der Waals surface area contributed by atoms with Gasteiger partial charge in [0.25, 0.3) is 11.5 Å².